The van der Waals surface area contributed by atoms with E-state index in [1.807, 2.05) is 37.3 Å². The second-order valence-electron chi connectivity index (χ2n) is 5.33. The number of nitrogens with one attached hydrogen (secondary N) is 1. The topological polar surface area (TPSA) is 64.6 Å². The van der Waals surface area contributed by atoms with Gasteiger partial charge in [-0.05, 0) is 17.9 Å². The predicted octanol–water partition coefficient (Wildman–Crippen LogP) is 3.28. The molecule has 0 heterocycles. The van der Waals surface area contributed by atoms with Crippen molar-refractivity contribution in [3.63, 3.8) is 0 Å². The lowest BCUT2D eigenvalue weighted by molar-refractivity contribution is -0.144. The summed E-state index contributed by atoms with van der Waals surface area (Å²) >= 11 is 0. The summed E-state index contributed by atoms with van der Waals surface area (Å²) in [6, 6.07) is 8.71. The van der Waals surface area contributed by atoms with Crippen LogP contribution in [0.4, 0.5) is 4.79 Å². The molecular formula is C17H25NO4. The van der Waals surface area contributed by atoms with Gasteiger partial charge in [-0.25, -0.2) is 9.59 Å². The van der Waals surface area contributed by atoms with Gasteiger partial charge in [0.05, 0.1) is 7.11 Å². The van der Waals surface area contributed by atoms with Crippen LogP contribution in [0.25, 0.3) is 0 Å². The Balaban J connectivity index is 2.53. The summed E-state index contributed by atoms with van der Waals surface area (Å²) in [6.07, 6.45) is 2.27. The van der Waals surface area contributed by atoms with E-state index in [1.54, 1.807) is 0 Å². The van der Waals surface area contributed by atoms with Crippen LogP contribution in [0.5, 0.6) is 0 Å². The lowest BCUT2D eigenvalue weighted by Gasteiger charge is -2.22. The molecule has 0 aliphatic rings. The molecule has 1 rings (SSSR count). The van der Waals surface area contributed by atoms with E-state index in [0.717, 1.165) is 24.8 Å². The minimum absolute atomic E-state index is 0.00308. The summed E-state index contributed by atoms with van der Waals surface area (Å²) in [4.78, 5) is 23.7. The SMILES string of the molecule is CCCCC(C)C(NC(=O)OCc1ccccc1)C(=O)OC. The average Bonchev–Trinajstić information content (AvgIpc) is 2.55. The van der Waals surface area contributed by atoms with Crippen LogP contribution in [0.3, 0.4) is 0 Å². The van der Waals surface area contributed by atoms with E-state index >= 15 is 0 Å². The van der Waals surface area contributed by atoms with Crippen molar-refractivity contribution in [2.45, 2.75) is 45.8 Å². The van der Waals surface area contributed by atoms with Gasteiger partial charge in [0.1, 0.15) is 12.6 Å². The maximum atomic E-state index is 11.9. The number of unbranched alkanes of at least 4 members (excludes halogenated alkanes) is 1. The second-order valence-corrected chi connectivity index (χ2v) is 5.33. The minimum atomic E-state index is -0.681. The van der Waals surface area contributed by atoms with Crippen molar-refractivity contribution in [1.82, 2.24) is 5.32 Å². The van der Waals surface area contributed by atoms with E-state index in [9.17, 15) is 9.59 Å². The molecule has 1 aromatic carbocycles. The van der Waals surface area contributed by atoms with Gasteiger partial charge in [-0.3, -0.25) is 0 Å². The molecule has 0 saturated carbocycles. The van der Waals surface area contributed by atoms with E-state index in [2.05, 4.69) is 12.2 Å². The van der Waals surface area contributed by atoms with Gasteiger partial charge < -0.3 is 14.8 Å². The van der Waals surface area contributed by atoms with Gasteiger partial charge in [-0.15, -0.1) is 0 Å². The number of rotatable bonds is 8. The molecule has 5 heteroatoms. The number of hydrogen-bond donors (Lipinski definition) is 1. The number of alkyl carbamates (subject to hydrolysis) is 1. The highest BCUT2D eigenvalue weighted by atomic mass is 16.6. The van der Waals surface area contributed by atoms with Crippen LogP contribution < -0.4 is 5.32 Å². The zero-order chi connectivity index (χ0) is 16.4. The van der Waals surface area contributed by atoms with Crippen LogP contribution in [0, 0.1) is 5.92 Å². The molecule has 122 valence electrons. The lowest BCUT2D eigenvalue weighted by atomic mass is 9.96. The van der Waals surface area contributed by atoms with E-state index < -0.39 is 18.1 Å². The number of methoxy groups -OCH3 is 1. The molecular weight excluding hydrogens is 282 g/mol. The quantitative estimate of drug-likeness (QED) is 0.749. The predicted molar refractivity (Wildman–Crippen MR) is 84.3 cm³/mol. The molecule has 1 N–H and O–H groups in total. The van der Waals surface area contributed by atoms with Crippen LogP contribution in [-0.2, 0) is 20.9 Å². The van der Waals surface area contributed by atoms with Crippen LogP contribution in [0.2, 0.25) is 0 Å². The molecule has 2 unspecified atom stereocenters. The van der Waals surface area contributed by atoms with Crippen molar-refractivity contribution in [2.24, 2.45) is 5.92 Å². The molecule has 0 saturated heterocycles. The molecule has 0 spiro atoms. The van der Waals surface area contributed by atoms with Gasteiger partial charge in [0.15, 0.2) is 0 Å². The molecule has 0 fully saturated rings. The Bertz CT molecular complexity index is 461. The molecule has 5 nitrogen and oxygen atoms in total. The van der Waals surface area contributed by atoms with Crippen molar-refractivity contribution >= 4 is 12.1 Å². The summed E-state index contributed by atoms with van der Waals surface area (Å²) in [6.45, 7) is 4.18. The van der Waals surface area contributed by atoms with Crippen molar-refractivity contribution in [3.05, 3.63) is 35.9 Å². The third-order valence-corrected chi connectivity index (χ3v) is 3.52. The van der Waals surface area contributed by atoms with Crippen molar-refractivity contribution in [1.29, 1.82) is 0 Å². The molecule has 2 atom stereocenters. The zero-order valence-corrected chi connectivity index (χ0v) is 13.5. The van der Waals surface area contributed by atoms with Gasteiger partial charge in [-0.1, -0.05) is 57.0 Å². The minimum Gasteiger partial charge on any atom is -0.467 e. The Morgan fingerprint density at radius 2 is 1.91 bits per heavy atom. The first-order valence-corrected chi connectivity index (χ1v) is 7.63. The smallest absolute Gasteiger partial charge is 0.408 e. The molecule has 22 heavy (non-hydrogen) atoms. The Labute approximate surface area is 132 Å². The Morgan fingerprint density at radius 1 is 1.23 bits per heavy atom. The lowest BCUT2D eigenvalue weighted by Crippen LogP contribution is -2.46. The Hall–Kier alpha value is -2.04. The molecule has 0 aliphatic carbocycles. The van der Waals surface area contributed by atoms with E-state index in [0.29, 0.717) is 0 Å². The largest absolute Gasteiger partial charge is 0.467 e. The number of amides is 1. The molecule has 1 aromatic rings. The monoisotopic (exact) mass is 307 g/mol. The third-order valence-electron chi connectivity index (χ3n) is 3.52. The first-order chi connectivity index (χ1) is 10.6. The van der Waals surface area contributed by atoms with Crippen molar-refractivity contribution in [3.8, 4) is 0 Å². The fraction of sp³-hybridized carbons (Fsp3) is 0.529. The normalized spacial score (nSPS) is 13.0. The maximum absolute atomic E-state index is 11.9. The van der Waals surface area contributed by atoms with E-state index in [4.69, 9.17) is 9.47 Å². The summed E-state index contributed by atoms with van der Waals surface area (Å²) in [5, 5.41) is 2.61. The number of carbonyl (C=O) groups is 2. The standard InChI is InChI=1S/C17H25NO4/c1-4-5-9-13(2)15(16(19)21-3)18-17(20)22-12-14-10-7-6-8-11-14/h6-8,10-11,13,15H,4-5,9,12H2,1-3H3,(H,18,20). The van der Waals surface area contributed by atoms with E-state index in [1.165, 1.54) is 7.11 Å². The molecule has 0 radical (unpaired) electrons. The van der Waals surface area contributed by atoms with E-state index in [-0.39, 0.29) is 12.5 Å². The van der Waals surface area contributed by atoms with Gasteiger partial charge in [-0.2, -0.15) is 0 Å². The van der Waals surface area contributed by atoms with Gasteiger partial charge >= 0.3 is 12.1 Å². The number of benzene rings is 1. The zero-order valence-electron chi connectivity index (χ0n) is 13.5. The fourth-order valence-electron chi connectivity index (χ4n) is 2.14. The van der Waals surface area contributed by atoms with Crippen LogP contribution in [0.1, 0.15) is 38.7 Å². The van der Waals surface area contributed by atoms with Gasteiger partial charge in [0.2, 0.25) is 0 Å². The van der Waals surface area contributed by atoms with Crippen LogP contribution in [-0.4, -0.2) is 25.2 Å². The fourth-order valence-corrected chi connectivity index (χ4v) is 2.14. The molecule has 0 bridgehead atoms. The van der Waals surface area contributed by atoms with Crippen LogP contribution >= 0.6 is 0 Å². The molecule has 0 aromatic heterocycles. The number of esters is 1. The number of hydrogen-bond acceptors (Lipinski definition) is 4. The highest BCUT2D eigenvalue weighted by Gasteiger charge is 2.27. The first-order valence-electron chi connectivity index (χ1n) is 7.63. The highest BCUT2D eigenvalue weighted by Crippen LogP contribution is 2.14. The summed E-state index contributed by atoms with van der Waals surface area (Å²) < 4.78 is 9.92. The number of ether oxygens (including phenoxy) is 2. The maximum Gasteiger partial charge on any atom is 0.408 e. The highest BCUT2D eigenvalue weighted by molar-refractivity contribution is 5.81. The molecule has 1 amide bonds. The first kappa shape index (κ1) is 18.0. The van der Waals surface area contributed by atoms with Crippen LogP contribution in [0.15, 0.2) is 30.3 Å². The second kappa shape index (κ2) is 9.82. The average molecular weight is 307 g/mol. The van der Waals surface area contributed by atoms with Crippen molar-refractivity contribution in [2.75, 3.05) is 7.11 Å². The Morgan fingerprint density at radius 3 is 2.50 bits per heavy atom. The Kier molecular flexibility index (Phi) is 8.04. The van der Waals surface area contributed by atoms with Gasteiger partial charge in [0, 0.05) is 0 Å². The third kappa shape index (κ3) is 6.16. The summed E-state index contributed by atoms with van der Waals surface area (Å²) in [5.41, 5.74) is 0.895. The van der Waals surface area contributed by atoms with Gasteiger partial charge in [0.25, 0.3) is 0 Å². The number of carbonyl (C=O) groups excluding carboxylic acids is 2. The van der Waals surface area contributed by atoms with Crippen molar-refractivity contribution < 1.29 is 19.1 Å². The molecule has 0 aliphatic heterocycles. The summed E-state index contributed by atoms with van der Waals surface area (Å²) in [7, 11) is 1.32. The summed E-state index contributed by atoms with van der Waals surface area (Å²) in [5.74, 6) is -0.447.